The van der Waals surface area contributed by atoms with Crippen molar-refractivity contribution in [3.63, 3.8) is 0 Å². The number of aromatic nitrogens is 1. The quantitative estimate of drug-likeness (QED) is 0.836. The Morgan fingerprint density at radius 3 is 2.25 bits per heavy atom. The Morgan fingerprint density at radius 1 is 1.04 bits per heavy atom. The molecule has 0 fully saturated rings. The van der Waals surface area contributed by atoms with Gasteiger partial charge >= 0.3 is 0 Å². The van der Waals surface area contributed by atoms with Crippen LogP contribution in [0.2, 0.25) is 0 Å². The summed E-state index contributed by atoms with van der Waals surface area (Å²) in [6.45, 7) is 9.50. The number of ketones is 1. The molecule has 1 aromatic carbocycles. The molecule has 4 nitrogen and oxygen atoms in total. The van der Waals surface area contributed by atoms with Crippen LogP contribution in [0.25, 0.3) is 10.9 Å². The van der Waals surface area contributed by atoms with E-state index < -0.39 is 0 Å². The van der Waals surface area contributed by atoms with Crippen LogP contribution in [0.1, 0.15) is 40.0 Å². The van der Waals surface area contributed by atoms with Crippen LogP contribution >= 0.6 is 0 Å². The predicted molar refractivity (Wildman–Crippen MR) is 104 cm³/mol. The van der Waals surface area contributed by atoms with Crippen LogP contribution in [0.3, 0.4) is 0 Å². The van der Waals surface area contributed by atoms with Crippen LogP contribution in [0, 0.1) is 0 Å². The highest BCUT2D eigenvalue weighted by Crippen LogP contribution is 2.07. The van der Waals surface area contributed by atoms with Crippen molar-refractivity contribution in [1.82, 2.24) is 9.88 Å². The smallest absolute Gasteiger partial charge is 0.132 e. The Labute approximate surface area is 147 Å². The van der Waals surface area contributed by atoms with Gasteiger partial charge in [0.1, 0.15) is 5.78 Å². The largest absolute Gasteiger partial charge is 0.333 e. The van der Waals surface area contributed by atoms with E-state index in [1.54, 1.807) is 0 Å². The average molecular weight is 332 g/mol. The Morgan fingerprint density at radius 2 is 1.67 bits per heavy atom. The second kappa shape index (κ2) is 14.8. The minimum atomic E-state index is 0.391. The van der Waals surface area contributed by atoms with Gasteiger partial charge in [0.15, 0.2) is 0 Å². The maximum absolute atomic E-state index is 11.0. The van der Waals surface area contributed by atoms with Gasteiger partial charge in [0.2, 0.25) is 0 Å². The lowest BCUT2D eigenvalue weighted by Gasteiger charge is -2.16. The fourth-order valence-corrected chi connectivity index (χ4v) is 2.23. The molecule has 0 amide bonds. The number of hydrogen-bond acceptors (Lipinski definition) is 4. The van der Waals surface area contributed by atoms with E-state index in [4.69, 9.17) is 0 Å². The second-order valence-corrected chi connectivity index (χ2v) is 5.22. The van der Waals surface area contributed by atoms with Gasteiger partial charge in [-0.3, -0.25) is 9.78 Å². The molecule has 0 saturated carbocycles. The van der Waals surface area contributed by atoms with Gasteiger partial charge in [-0.15, -0.1) is 0 Å². The van der Waals surface area contributed by atoms with E-state index in [9.17, 15) is 4.79 Å². The first kappa shape index (κ1) is 22.2. The minimum absolute atomic E-state index is 0.391. The van der Waals surface area contributed by atoms with Crippen LogP contribution in [-0.4, -0.2) is 42.3 Å². The van der Waals surface area contributed by atoms with Crippen LogP contribution in [0.4, 0.5) is 0 Å². The van der Waals surface area contributed by atoms with Gasteiger partial charge in [-0.1, -0.05) is 45.0 Å². The highest BCUT2D eigenvalue weighted by molar-refractivity contribution is 5.78. The average Bonchev–Trinajstić information content (AvgIpc) is 2.67. The predicted octanol–water partition coefficient (Wildman–Crippen LogP) is 3.90. The van der Waals surface area contributed by atoms with Crippen LogP contribution in [0.5, 0.6) is 0 Å². The van der Waals surface area contributed by atoms with Crippen LogP contribution < -0.4 is 5.73 Å². The Bertz CT molecular complexity index is 488. The lowest BCUT2D eigenvalue weighted by molar-refractivity contribution is -0.118. The van der Waals surface area contributed by atoms with Crippen molar-refractivity contribution in [2.45, 2.75) is 40.0 Å². The summed E-state index contributed by atoms with van der Waals surface area (Å²) in [5.41, 5.74) is 5.56. The molecule has 2 aromatic rings. The van der Waals surface area contributed by atoms with Gasteiger partial charge in [0.05, 0.1) is 5.52 Å². The summed E-state index contributed by atoms with van der Waals surface area (Å²) in [4.78, 5) is 17.5. The van der Waals surface area contributed by atoms with Gasteiger partial charge in [-0.05, 0) is 45.2 Å². The summed E-state index contributed by atoms with van der Waals surface area (Å²) in [7, 11) is 1.50. The number of rotatable bonds is 7. The third-order valence-electron chi connectivity index (χ3n) is 3.73. The zero-order valence-corrected chi connectivity index (χ0v) is 15.7. The summed E-state index contributed by atoms with van der Waals surface area (Å²) in [5, 5.41) is 1.20. The van der Waals surface area contributed by atoms with Gasteiger partial charge in [0, 0.05) is 24.4 Å². The van der Waals surface area contributed by atoms with E-state index in [2.05, 4.69) is 41.6 Å². The number of para-hydroxylation sites is 1. The standard InChI is InChI=1S/C10H21NO.C9H7N.CH5N/c1-4-10(12)8-7-9-11(5-2)6-3;1-2-6-9-8(4-1)5-3-7-10-9;1-2/h4-9H2,1-3H3;1-7H;2H2,1H3. The molecular formula is C20H33N3O. The minimum Gasteiger partial charge on any atom is -0.333 e. The highest BCUT2D eigenvalue weighted by Gasteiger charge is 2.01. The molecule has 134 valence electrons. The molecule has 0 aliphatic carbocycles. The van der Waals surface area contributed by atoms with Gasteiger partial charge in [-0.2, -0.15) is 0 Å². The fraction of sp³-hybridized carbons (Fsp3) is 0.500. The molecule has 0 aliphatic rings. The van der Waals surface area contributed by atoms with Crippen molar-refractivity contribution < 1.29 is 4.79 Å². The normalized spacial score (nSPS) is 9.75. The molecule has 2 N–H and O–H groups in total. The molecule has 0 atom stereocenters. The van der Waals surface area contributed by atoms with E-state index >= 15 is 0 Å². The molecule has 0 bridgehead atoms. The molecular weight excluding hydrogens is 298 g/mol. The Balaban J connectivity index is 0.000000402. The van der Waals surface area contributed by atoms with Gasteiger partial charge < -0.3 is 10.6 Å². The molecule has 0 aliphatic heterocycles. The van der Waals surface area contributed by atoms with Crippen LogP contribution in [0.15, 0.2) is 42.6 Å². The molecule has 0 radical (unpaired) electrons. The number of pyridine rings is 1. The summed E-state index contributed by atoms with van der Waals surface area (Å²) in [6, 6.07) is 12.1. The summed E-state index contributed by atoms with van der Waals surface area (Å²) < 4.78 is 0. The number of carbonyl (C=O) groups is 1. The van der Waals surface area contributed by atoms with Crippen LogP contribution in [-0.2, 0) is 4.79 Å². The fourth-order valence-electron chi connectivity index (χ4n) is 2.23. The number of carbonyl (C=O) groups excluding carboxylic acids is 1. The van der Waals surface area contributed by atoms with Crippen molar-refractivity contribution in [3.8, 4) is 0 Å². The maximum Gasteiger partial charge on any atom is 0.132 e. The van der Waals surface area contributed by atoms with E-state index in [1.807, 2.05) is 37.4 Å². The third-order valence-corrected chi connectivity index (χ3v) is 3.73. The first-order valence-electron chi connectivity index (χ1n) is 8.82. The number of benzene rings is 1. The number of hydrogen-bond donors (Lipinski definition) is 1. The van der Waals surface area contributed by atoms with Crippen molar-refractivity contribution >= 4 is 16.7 Å². The highest BCUT2D eigenvalue weighted by atomic mass is 16.1. The first-order valence-corrected chi connectivity index (χ1v) is 8.82. The first-order chi connectivity index (χ1) is 11.7. The Kier molecular flexibility index (Phi) is 13.7. The van der Waals surface area contributed by atoms with E-state index in [1.165, 1.54) is 12.4 Å². The molecule has 1 heterocycles. The number of nitrogens with two attached hydrogens (primary N) is 1. The topological polar surface area (TPSA) is 59.2 Å². The van der Waals surface area contributed by atoms with Gasteiger partial charge in [-0.25, -0.2) is 0 Å². The number of fused-ring (bicyclic) bond motifs is 1. The third kappa shape index (κ3) is 9.38. The molecule has 1 aromatic heterocycles. The van der Waals surface area contributed by atoms with Crippen molar-refractivity contribution in [1.29, 1.82) is 0 Å². The Hall–Kier alpha value is -1.78. The van der Waals surface area contributed by atoms with E-state index in [0.717, 1.165) is 38.0 Å². The summed E-state index contributed by atoms with van der Waals surface area (Å²) >= 11 is 0. The molecule has 0 unspecified atom stereocenters. The maximum atomic E-state index is 11.0. The summed E-state index contributed by atoms with van der Waals surface area (Å²) in [6.07, 6.45) is 4.28. The number of nitrogens with zero attached hydrogens (tertiary/aromatic N) is 2. The SMILES string of the molecule is CCC(=O)CCCN(CC)CC.CN.c1ccc2ncccc2c1. The lowest BCUT2D eigenvalue weighted by atomic mass is 10.2. The molecule has 2 rings (SSSR count). The zero-order valence-electron chi connectivity index (χ0n) is 15.7. The van der Waals surface area contributed by atoms with Crippen molar-refractivity contribution in [2.75, 3.05) is 26.7 Å². The monoisotopic (exact) mass is 331 g/mol. The van der Waals surface area contributed by atoms with Crippen molar-refractivity contribution in [3.05, 3.63) is 42.6 Å². The molecule has 0 saturated heterocycles. The number of Topliss-reactive ketones (excluding diaryl/α,β-unsaturated/α-hetero) is 1. The lowest BCUT2D eigenvalue weighted by Crippen LogP contribution is -2.24. The molecule has 4 heteroatoms. The molecule has 24 heavy (non-hydrogen) atoms. The van der Waals surface area contributed by atoms with E-state index in [0.29, 0.717) is 12.2 Å². The zero-order chi connectivity index (χ0) is 18.2. The second-order valence-electron chi connectivity index (χ2n) is 5.22. The molecule has 0 spiro atoms. The van der Waals surface area contributed by atoms with E-state index in [-0.39, 0.29) is 0 Å². The van der Waals surface area contributed by atoms with Gasteiger partial charge in [0.25, 0.3) is 0 Å². The van der Waals surface area contributed by atoms with Crippen molar-refractivity contribution in [2.24, 2.45) is 5.73 Å². The summed E-state index contributed by atoms with van der Waals surface area (Å²) in [5.74, 6) is 0.391.